The first-order valence-electron chi connectivity index (χ1n) is 9.07. The first-order chi connectivity index (χ1) is 11.5. The van der Waals surface area contributed by atoms with Crippen LogP contribution in [0.4, 0.5) is 0 Å². The Morgan fingerprint density at radius 1 is 1.20 bits per heavy atom. The van der Waals surface area contributed by atoms with Crippen LogP contribution < -0.4 is 5.30 Å². The van der Waals surface area contributed by atoms with Crippen LogP contribution in [0.2, 0.25) is 0 Å². The molecule has 0 aliphatic rings. The van der Waals surface area contributed by atoms with Crippen molar-refractivity contribution < 1.29 is 14.3 Å². The molecule has 0 amide bonds. The molecule has 1 aromatic rings. The monoisotopic (exact) mass is 366 g/mol. The first-order valence-corrected chi connectivity index (χ1v) is 9.65. The van der Waals surface area contributed by atoms with Crippen molar-refractivity contribution in [3.63, 3.8) is 0 Å². The number of carbonyl (C=O) groups excluding carboxylic acids is 2. The lowest BCUT2D eigenvalue weighted by Crippen LogP contribution is -2.21. The van der Waals surface area contributed by atoms with Crippen LogP contribution >= 0.6 is 9.24 Å². The molecule has 0 heterocycles. The number of esters is 1. The summed E-state index contributed by atoms with van der Waals surface area (Å²) >= 11 is 0. The van der Waals surface area contributed by atoms with E-state index in [1.165, 1.54) is 23.4 Å². The largest absolute Gasteiger partial charge is 0.460 e. The average Bonchev–Trinajstić information content (AvgIpc) is 2.47. The smallest absolute Gasteiger partial charge is 0.303 e. The summed E-state index contributed by atoms with van der Waals surface area (Å²) < 4.78 is 4.80. The topological polar surface area (TPSA) is 43.4 Å². The van der Waals surface area contributed by atoms with E-state index >= 15 is 0 Å². The van der Waals surface area contributed by atoms with E-state index < -0.39 is 0 Å². The molecule has 0 aliphatic heterocycles. The van der Waals surface area contributed by atoms with Gasteiger partial charge in [-0.3, -0.25) is 9.59 Å². The van der Waals surface area contributed by atoms with E-state index in [9.17, 15) is 9.59 Å². The molecule has 25 heavy (non-hydrogen) atoms. The van der Waals surface area contributed by atoms with Gasteiger partial charge in [-0.25, -0.2) is 0 Å². The number of aryl methyl sites for hydroxylation is 1. The van der Waals surface area contributed by atoms with Crippen molar-refractivity contribution in [1.29, 1.82) is 0 Å². The third-order valence-corrected chi connectivity index (χ3v) is 4.35. The molecule has 0 bridgehead atoms. The molecule has 4 heteroatoms. The van der Waals surface area contributed by atoms with Gasteiger partial charge in [-0.15, -0.1) is 9.24 Å². The second-order valence-electron chi connectivity index (χ2n) is 7.40. The molecule has 0 spiro atoms. The molecule has 0 N–H and O–H groups in total. The van der Waals surface area contributed by atoms with E-state index in [1.807, 2.05) is 27.7 Å². The van der Waals surface area contributed by atoms with Crippen molar-refractivity contribution in [2.45, 2.75) is 85.7 Å². The summed E-state index contributed by atoms with van der Waals surface area (Å²) in [6.45, 7) is 13.2. The molecular formula is C21H35O3P. The summed E-state index contributed by atoms with van der Waals surface area (Å²) in [5.74, 6) is 0.541. The molecule has 0 fully saturated rings. The van der Waals surface area contributed by atoms with Gasteiger partial charge in [-0.2, -0.15) is 0 Å². The molecule has 2 unspecified atom stereocenters. The van der Waals surface area contributed by atoms with E-state index in [0.717, 1.165) is 12.8 Å². The van der Waals surface area contributed by atoms with Gasteiger partial charge < -0.3 is 4.74 Å². The van der Waals surface area contributed by atoms with E-state index in [0.29, 0.717) is 24.5 Å². The summed E-state index contributed by atoms with van der Waals surface area (Å²) in [4.78, 5) is 21.9. The molecule has 0 radical (unpaired) electrons. The van der Waals surface area contributed by atoms with Crippen LogP contribution in [0.5, 0.6) is 0 Å². The Morgan fingerprint density at radius 3 is 2.16 bits per heavy atom. The SMILES string of the molecule is CC(=O)OC(C)(C)C.CCCC(CC(=O)CC)c1ccc(C)c(P)c1. The number of hydrogen-bond donors (Lipinski definition) is 0. The average molecular weight is 366 g/mol. The van der Waals surface area contributed by atoms with Gasteiger partial charge in [0.25, 0.3) is 0 Å². The van der Waals surface area contributed by atoms with Crippen molar-refractivity contribution >= 4 is 26.3 Å². The Bertz CT molecular complexity index is 559. The fraction of sp³-hybridized carbons (Fsp3) is 0.619. The van der Waals surface area contributed by atoms with Crippen LogP contribution in [0.3, 0.4) is 0 Å². The maximum atomic E-state index is 11.6. The number of hydrogen-bond acceptors (Lipinski definition) is 3. The Labute approximate surface area is 156 Å². The van der Waals surface area contributed by atoms with Gasteiger partial charge in [-0.1, -0.05) is 38.5 Å². The van der Waals surface area contributed by atoms with Gasteiger partial charge >= 0.3 is 5.97 Å². The van der Waals surface area contributed by atoms with Crippen LogP contribution in [0.25, 0.3) is 0 Å². The molecule has 1 rings (SSSR count). The minimum atomic E-state index is -0.328. The van der Waals surface area contributed by atoms with Crippen molar-refractivity contribution in [1.82, 2.24) is 0 Å². The highest BCUT2D eigenvalue weighted by Gasteiger charge is 2.15. The summed E-state index contributed by atoms with van der Waals surface area (Å²) in [6, 6.07) is 6.53. The zero-order valence-corrected chi connectivity index (χ0v) is 18.1. The first kappa shape index (κ1) is 23.8. The molecule has 2 atom stereocenters. The highest BCUT2D eigenvalue weighted by atomic mass is 31.0. The van der Waals surface area contributed by atoms with E-state index in [1.54, 1.807) is 0 Å². The Morgan fingerprint density at radius 2 is 1.80 bits per heavy atom. The van der Waals surface area contributed by atoms with Crippen molar-refractivity contribution in [3.8, 4) is 0 Å². The van der Waals surface area contributed by atoms with E-state index in [-0.39, 0.29) is 11.6 Å². The van der Waals surface area contributed by atoms with Crippen molar-refractivity contribution in [2.75, 3.05) is 0 Å². The number of rotatable bonds is 6. The van der Waals surface area contributed by atoms with Crippen LogP contribution in [-0.2, 0) is 14.3 Å². The highest BCUT2D eigenvalue weighted by Crippen LogP contribution is 2.26. The predicted octanol–water partition coefficient (Wildman–Crippen LogP) is 5.10. The maximum Gasteiger partial charge on any atom is 0.303 e. The number of Topliss-reactive ketones (excluding diaryl/α,β-unsaturated/α-hetero) is 1. The lowest BCUT2D eigenvalue weighted by Gasteiger charge is -2.17. The Kier molecular flexibility index (Phi) is 10.9. The van der Waals surface area contributed by atoms with Gasteiger partial charge in [0.15, 0.2) is 0 Å². The molecule has 1 aromatic carbocycles. The third-order valence-electron chi connectivity index (χ3n) is 3.73. The second-order valence-corrected chi connectivity index (χ2v) is 8.03. The van der Waals surface area contributed by atoms with Crippen molar-refractivity contribution in [2.24, 2.45) is 0 Å². The highest BCUT2D eigenvalue weighted by molar-refractivity contribution is 7.27. The zero-order chi connectivity index (χ0) is 19.6. The summed E-state index contributed by atoms with van der Waals surface area (Å²) in [7, 11) is 2.77. The Hall–Kier alpha value is -1.21. The van der Waals surface area contributed by atoms with Gasteiger partial charge in [-0.05, 0) is 56.5 Å². The fourth-order valence-corrected chi connectivity index (χ4v) is 2.79. The molecule has 0 aromatic heterocycles. The zero-order valence-electron chi connectivity index (χ0n) is 16.9. The van der Waals surface area contributed by atoms with Crippen LogP contribution in [-0.4, -0.2) is 17.4 Å². The van der Waals surface area contributed by atoms with Gasteiger partial charge in [0.1, 0.15) is 11.4 Å². The molecule has 142 valence electrons. The quantitative estimate of drug-likeness (QED) is 0.520. The number of benzene rings is 1. The fourth-order valence-electron chi connectivity index (χ4n) is 2.50. The summed E-state index contributed by atoms with van der Waals surface area (Å²) in [5, 5.41) is 1.24. The Balaban J connectivity index is 0.000000609. The standard InChI is InChI=1S/C15H23OP.C6H12O2/c1-4-6-12(9-14(16)5-2)13-8-7-11(3)15(17)10-13;1-5(7)8-6(2,3)4/h7-8,10,12H,4-6,9,17H2,1-3H3;1-4H3. The molecule has 0 saturated carbocycles. The van der Waals surface area contributed by atoms with Crippen LogP contribution in [0.15, 0.2) is 18.2 Å². The molecule has 0 aliphatic carbocycles. The summed E-state index contributed by atoms with van der Waals surface area (Å²) in [5.41, 5.74) is 2.27. The minimum Gasteiger partial charge on any atom is -0.460 e. The van der Waals surface area contributed by atoms with Gasteiger partial charge in [0.05, 0.1) is 0 Å². The van der Waals surface area contributed by atoms with Crippen LogP contribution in [0.1, 0.15) is 84.3 Å². The van der Waals surface area contributed by atoms with E-state index in [2.05, 4.69) is 41.3 Å². The van der Waals surface area contributed by atoms with Gasteiger partial charge in [0.2, 0.25) is 0 Å². The molecule has 0 saturated heterocycles. The lowest BCUT2D eigenvalue weighted by molar-refractivity contribution is -0.151. The molecule has 3 nitrogen and oxygen atoms in total. The maximum absolute atomic E-state index is 11.6. The lowest BCUT2D eigenvalue weighted by atomic mass is 9.89. The van der Waals surface area contributed by atoms with Crippen LogP contribution in [0, 0.1) is 6.92 Å². The van der Waals surface area contributed by atoms with E-state index in [4.69, 9.17) is 4.74 Å². The minimum absolute atomic E-state index is 0.225. The molecular weight excluding hydrogens is 331 g/mol. The number of ether oxygens (including phenoxy) is 1. The van der Waals surface area contributed by atoms with Crippen molar-refractivity contribution in [3.05, 3.63) is 29.3 Å². The number of carbonyl (C=O) groups is 2. The summed E-state index contributed by atoms with van der Waals surface area (Å²) in [6.07, 6.45) is 3.57. The number of ketones is 1. The third kappa shape index (κ3) is 11.1. The predicted molar refractivity (Wildman–Crippen MR) is 110 cm³/mol. The second kappa shape index (κ2) is 11.4. The van der Waals surface area contributed by atoms with Gasteiger partial charge in [0, 0.05) is 19.8 Å². The normalized spacial score (nSPS) is 12.0.